The summed E-state index contributed by atoms with van der Waals surface area (Å²) in [6.07, 6.45) is 1.40. The van der Waals surface area contributed by atoms with E-state index < -0.39 is 0 Å². The van der Waals surface area contributed by atoms with Crippen molar-refractivity contribution in [3.63, 3.8) is 0 Å². The van der Waals surface area contributed by atoms with Crippen LogP contribution in [0, 0.1) is 0 Å². The van der Waals surface area contributed by atoms with E-state index in [-0.39, 0.29) is 5.78 Å². The minimum absolute atomic E-state index is 0.223. The van der Waals surface area contributed by atoms with Crippen molar-refractivity contribution < 1.29 is 4.79 Å². The number of benzene rings is 1. The smallest absolute Gasteiger partial charge is 0.130 e. The van der Waals surface area contributed by atoms with E-state index in [2.05, 4.69) is 15.9 Å². The summed E-state index contributed by atoms with van der Waals surface area (Å²) >= 11 is 9.33. The molecular formula is C11H12BrClO. The Kier molecular flexibility index (Phi) is 4.63. The standard InChI is InChI=1S/C11H12BrClO/c1-8(14)2-3-9-4-5-11(13)10(6-9)7-12/h4-6H,2-3,7H2,1H3. The molecule has 0 aliphatic heterocycles. The van der Waals surface area contributed by atoms with E-state index in [1.165, 1.54) is 5.56 Å². The molecule has 0 fully saturated rings. The number of halogens is 2. The minimum Gasteiger partial charge on any atom is -0.300 e. The number of carbonyl (C=O) groups excluding carboxylic acids is 1. The Morgan fingerprint density at radius 3 is 2.79 bits per heavy atom. The maximum absolute atomic E-state index is 10.8. The van der Waals surface area contributed by atoms with Gasteiger partial charge in [-0.25, -0.2) is 0 Å². The van der Waals surface area contributed by atoms with E-state index in [0.717, 1.165) is 22.3 Å². The van der Waals surface area contributed by atoms with Crippen LogP contribution in [0.2, 0.25) is 5.02 Å². The van der Waals surface area contributed by atoms with Crippen LogP contribution in [0.4, 0.5) is 0 Å². The van der Waals surface area contributed by atoms with E-state index >= 15 is 0 Å². The van der Waals surface area contributed by atoms with E-state index in [4.69, 9.17) is 11.6 Å². The Hall–Kier alpha value is -0.340. The summed E-state index contributed by atoms with van der Waals surface area (Å²) in [5.41, 5.74) is 2.24. The van der Waals surface area contributed by atoms with Crippen molar-refractivity contribution in [3.8, 4) is 0 Å². The first-order valence-electron chi connectivity index (χ1n) is 4.46. The van der Waals surface area contributed by atoms with Crippen molar-refractivity contribution in [2.45, 2.75) is 25.1 Å². The fraction of sp³-hybridized carbons (Fsp3) is 0.364. The van der Waals surface area contributed by atoms with E-state index in [0.29, 0.717) is 6.42 Å². The van der Waals surface area contributed by atoms with Crippen LogP contribution in [0.25, 0.3) is 0 Å². The van der Waals surface area contributed by atoms with Gasteiger partial charge in [0.05, 0.1) is 0 Å². The molecular weight excluding hydrogens is 263 g/mol. The SMILES string of the molecule is CC(=O)CCc1ccc(Cl)c(CBr)c1. The highest BCUT2D eigenvalue weighted by Crippen LogP contribution is 2.20. The largest absolute Gasteiger partial charge is 0.300 e. The van der Waals surface area contributed by atoms with Crippen molar-refractivity contribution in [3.05, 3.63) is 34.3 Å². The fourth-order valence-corrected chi connectivity index (χ4v) is 2.02. The molecule has 0 N–H and O–H groups in total. The van der Waals surface area contributed by atoms with Gasteiger partial charge >= 0.3 is 0 Å². The van der Waals surface area contributed by atoms with Gasteiger partial charge in [0.15, 0.2) is 0 Å². The molecule has 0 aliphatic rings. The molecule has 0 saturated carbocycles. The van der Waals surface area contributed by atoms with Crippen molar-refractivity contribution in [2.24, 2.45) is 0 Å². The molecule has 0 heterocycles. The van der Waals surface area contributed by atoms with Crippen LogP contribution in [-0.2, 0) is 16.5 Å². The van der Waals surface area contributed by atoms with Gasteiger partial charge in [-0.3, -0.25) is 0 Å². The first-order valence-corrected chi connectivity index (χ1v) is 5.96. The molecule has 14 heavy (non-hydrogen) atoms. The van der Waals surface area contributed by atoms with Gasteiger partial charge in [0, 0.05) is 16.8 Å². The predicted octanol–water partition coefficient (Wildman–Crippen LogP) is 3.76. The summed E-state index contributed by atoms with van der Waals surface area (Å²) in [6.45, 7) is 1.61. The third-order valence-electron chi connectivity index (χ3n) is 2.02. The zero-order valence-corrected chi connectivity index (χ0v) is 10.4. The summed E-state index contributed by atoms with van der Waals surface area (Å²) in [5, 5.41) is 1.52. The maximum Gasteiger partial charge on any atom is 0.130 e. The molecule has 1 rings (SSSR count). The van der Waals surface area contributed by atoms with Crippen molar-refractivity contribution in [2.75, 3.05) is 0 Å². The predicted molar refractivity (Wildman–Crippen MR) is 63.1 cm³/mol. The molecule has 1 aromatic carbocycles. The van der Waals surface area contributed by atoms with Gasteiger partial charge in [-0.15, -0.1) is 0 Å². The summed E-state index contributed by atoms with van der Waals surface area (Å²) in [5.74, 6) is 0.223. The zero-order chi connectivity index (χ0) is 10.6. The normalized spacial score (nSPS) is 10.2. The van der Waals surface area contributed by atoms with E-state index in [9.17, 15) is 4.79 Å². The second-order valence-electron chi connectivity index (χ2n) is 3.26. The third kappa shape index (κ3) is 3.43. The average molecular weight is 276 g/mol. The number of hydrogen-bond acceptors (Lipinski definition) is 1. The number of alkyl halides is 1. The molecule has 1 nitrogen and oxygen atoms in total. The molecule has 0 spiro atoms. The Morgan fingerprint density at radius 1 is 1.50 bits per heavy atom. The molecule has 0 atom stereocenters. The molecule has 76 valence electrons. The second kappa shape index (κ2) is 5.52. The molecule has 0 saturated heterocycles. The Morgan fingerprint density at radius 2 is 2.21 bits per heavy atom. The van der Waals surface area contributed by atoms with Gasteiger partial charge in [0.25, 0.3) is 0 Å². The number of aryl methyl sites for hydroxylation is 1. The number of carbonyl (C=O) groups is 1. The Bertz CT molecular complexity index is 336. The Labute approximate surface area is 97.6 Å². The second-order valence-corrected chi connectivity index (χ2v) is 4.23. The highest BCUT2D eigenvalue weighted by Gasteiger charge is 2.01. The van der Waals surface area contributed by atoms with Gasteiger partial charge in [0.1, 0.15) is 5.78 Å². The molecule has 3 heteroatoms. The molecule has 0 aliphatic carbocycles. The van der Waals surface area contributed by atoms with Gasteiger partial charge in [-0.2, -0.15) is 0 Å². The monoisotopic (exact) mass is 274 g/mol. The average Bonchev–Trinajstić information content (AvgIpc) is 2.16. The van der Waals surface area contributed by atoms with Crippen LogP contribution in [0.3, 0.4) is 0 Å². The highest BCUT2D eigenvalue weighted by molar-refractivity contribution is 9.08. The number of hydrogen-bond donors (Lipinski definition) is 0. The van der Waals surface area contributed by atoms with Crippen LogP contribution in [0.5, 0.6) is 0 Å². The number of Topliss-reactive ketones (excluding diaryl/α,β-unsaturated/α-hetero) is 1. The zero-order valence-electron chi connectivity index (χ0n) is 8.02. The molecule has 0 radical (unpaired) electrons. The summed E-state index contributed by atoms with van der Waals surface area (Å²) in [4.78, 5) is 10.8. The van der Waals surface area contributed by atoms with Crippen LogP contribution < -0.4 is 0 Å². The molecule has 1 aromatic rings. The third-order valence-corrected chi connectivity index (χ3v) is 2.99. The van der Waals surface area contributed by atoms with E-state index in [1.807, 2.05) is 18.2 Å². The first kappa shape index (κ1) is 11.7. The van der Waals surface area contributed by atoms with Crippen molar-refractivity contribution >= 4 is 33.3 Å². The fourth-order valence-electron chi connectivity index (χ4n) is 1.21. The maximum atomic E-state index is 10.8. The number of ketones is 1. The Balaban J connectivity index is 2.74. The summed E-state index contributed by atoms with van der Waals surface area (Å²) in [6, 6.07) is 5.89. The van der Waals surface area contributed by atoms with Crippen molar-refractivity contribution in [1.82, 2.24) is 0 Å². The van der Waals surface area contributed by atoms with Gasteiger partial charge < -0.3 is 4.79 Å². The number of rotatable bonds is 4. The summed E-state index contributed by atoms with van der Waals surface area (Å²) < 4.78 is 0. The highest BCUT2D eigenvalue weighted by atomic mass is 79.9. The molecule has 0 bridgehead atoms. The lowest BCUT2D eigenvalue weighted by Gasteiger charge is -2.04. The van der Waals surface area contributed by atoms with Gasteiger partial charge in [0.2, 0.25) is 0 Å². The van der Waals surface area contributed by atoms with Crippen LogP contribution >= 0.6 is 27.5 Å². The first-order chi connectivity index (χ1) is 6.63. The van der Waals surface area contributed by atoms with Crippen LogP contribution in [0.1, 0.15) is 24.5 Å². The molecule has 0 aromatic heterocycles. The van der Waals surface area contributed by atoms with Crippen molar-refractivity contribution in [1.29, 1.82) is 0 Å². The van der Waals surface area contributed by atoms with Gasteiger partial charge in [-0.05, 0) is 30.5 Å². The van der Waals surface area contributed by atoms with Crippen LogP contribution in [0.15, 0.2) is 18.2 Å². The van der Waals surface area contributed by atoms with Crippen LogP contribution in [-0.4, -0.2) is 5.78 Å². The minimum atomic E-state index is 0.223. The topological polar surface area (TPSA) is 17.1 Å². The lowest BCUT2D eigenvalue weighted by molar-refractivity contribution is -0.116. The lowest BCUT2D eigenvalue weighted by atomic mass is 10.1. The molecule has 0 amide bonds. The summed E-state index contributed by atoms with van der Waals surface area (Å²) in [7, 11) is 0. The molecule has 0 unspecified atom stereocenters. The van der Waals surface area contributed by atoms with E-state index in [1.54, 1.807) is 6.92 Å². The lowest BCUT2D eigenvalue weighted by Crippen LogP contribution is -1.94. The quantitative estimate of drug-likeness (QED) is 0.765. The van der Waals surface area contributed by atoms with Gasteiger partial charge in [-0.1, -0.05) is 39.7 Å².